The van der Waals surface area contributed by atoms with Gasteiger partial charge in [-0.05, 0) is 37.3 Å². The fraction of sp³-hybridized carbons (Fsp3) is 0.368. The summed E-state index contributed by atoms with van der Waals surface area (Å²) in [6.07, 6.45) is 2.89. The Morgan fingerprint density at radius 3 is 2.76 bits per heavy atom. The van der Waals surface area contributed by atoms with Gasteiger partial charge in [-0.2, -0.15) is 0 Å². The first-order chi connectivity index (χ1) is 12.0. The van der Waals surface area contributed by atoms with Crippen molar-refractivity contribution in [1.82, 2.24) is 0 Å². The molecule has 25 heavy (non-hydrogen) atoms. The van der Waals surface area contributed by atoms with Gasteiger partial charge in [-0.15, -0.1) is 11.3 Å². The molecule has 0 fully saturated rings. The third kappa shape index (κ3) is 3.91. The van der Waals surface area contributed by atoms with E-state index >= 15 is 0 Å². The summed E-state index contributed by atoms with van der Waals surface area (Å²) in [7, 11) is 2.00. The maximum atomic E-state index is 12.4. The molecule has 0 saturated carbocycles. The molecule has 0 radical (unpaired) electrons. The average Bonchev–Trinajstić information content (AvgIpc) is 3.09. The van der Waals surface area contributed by atoms with Crippen LogP contribution in [0.5, 0.6) is 0 Å². The molecule has 132 valence electrons. The molecule has 1 aliphatic rings. The van der Waals surface area contributed by atoms with Crippen LogP contribution in [0.1, 0.15) is 38.3 Å². The summed E-state index contributed by atoms with van der Waals surface area (Å²) in [6, 6.07) is 8.20. The lowest BCUT2D eigenvalue weighted by molar-refractivity contribution is -0.885. The number of anilines is 1. The Hall–Kier alpha value is -2.18. The van der Waals surface area contributed by atoms with Crippen molar-refractivity contribution in [2.45, 2.75) is 32.7 Å². The van der Waals surface area contributed by atoms with Crippen molar-refractivity contribution in [2.24, 2.45) is 5.73 Å². The fourth-order valence-corrected chi connectivity index (χ4v) is 4.70. The Labute approximate surface area is 151 Å². The van der Waals surface area contributed by atoms with Gasteiger partial charge in [0.05, 0.1) is 12.6 Å². The molecule has 2 aromatic rings. The number of likely N-dealkylation sites (N-methyl/N-ethyl adjacent to an activating group) is 1. The molecular weight excluding hydrogens is 334 g/mol. The highest BCUT2D eigenvalue weighted by Crippen LogP contribution is 2.38. The first-order valence-electron chi connectivity index (χ1n) is 8.55. The van der Waals surface area contributed by atoms with Crippen molar-refractivity contribution < 1.29 is 14.5 Å². The van der Waals surface area contributed by atoms with Crippen molar-refractivity contribution in [2.75, 3.05) is 18.9 Å². The summed E-state index contributed by atoms with van der Waals surface area (Å²) >= 11 is 1.50. The molecule has 1 aromatic carbocycles. The topological polar surface area (TPSA) is 76.6 Å². The van der Waals surface area contributed by atoms with Gasteiger partial charge in [0.25, 0.3) is 11.8 Å². The van der Waals surface area contributed by atoms with E-state index in [0.717, 1.165) is 36.3 Å². The summed E-state index contributed by atoms with van der Waals surface area (Å²) in [5, 5.41) is 3.53. The summed E-state index contributed by atoms with van der Waals surface area (Å²) < 4.78 is 0. The molecule has 1 heterocycles. The Kier molecular flexibility index (Phi) is 5.20. The van der Waals surface area contributed by atoms with E-state index in [-0.39, 0.29) is 5.91 Å². The highest BCUT2D eigenvalue weighted by molar-refractivity contribution is 7.17. The molecule has 1 atom stereocenters. The van der Waals surface area contributed by atoms with Crippen LogP contribution in [-0.4, -0.2) is 25.4 Å². The van der Waals surface area contributed by atoms with Gasteiger partial charge in [-0.25, -0.2) is 0 Å². The monoisotopic (exact) mass is 358 g/mol. The van der Waals surface area contributed by atoms with Gasteiger partial charge in [0.1, 0.15) is 11.5 Å². The van der Waals surface area contributed by atoms with Crippen LogP contribution >= 0.6 is 11.3 Å². The minimum absolute atomic E-state index is 0.0893. The van der Waals surface area contributed by atoms with Crippen molar-refractivity contribution >= 4 is 28.2 Å². The number of aryl methyl sites for hydroxylation is 2. The number of hydrogen-bond acceptors (Lipinski definition) is 3. The van der Waals surface area contributed by atoms with Gasteiger partial charge in [-0.3, -0.25) is 9.59 Å². The number of carbonyl (C=O) groups excluding carboxylic acids is 2. The highest BCUT2D eigenvalue weighted by atomic mass is 32.1. The quantitative estimate of drug-likeness (QED) is 0.728. The molecule has 4 N–H and O–H groups in total. The second-order valence-electron chi connectivity index (χ2n) is 6.71. The van der Waals surface area contributed by atoms with Crippen LogP contribution < -0.4 is 16.0 Å². The second-order valence-corrected chi connectivity index (χ2v) is 7.82. The van der Waals surface area contributed by atoms with E-state index < -0.39 is 5.91 Å². The molecule has 5 nitrogen and oxygen atoms in total. The molecule has 1 aromatic heterocycles. The number of fused-ring (bicyclic) bond motifs is 1. The van der Waals surface area contributed by atoms with Crippen molar-refractivity contribution in [1.29, 1.82) is 0 Å². The lowest BCUT2D eigenvalue weighted by Gasteiger charge is -2.15. The number of thiophene rings is 1. The summed E-state index contributed by atoms with van der Waals surface area (Å²) in [6.45, 7) is 3.20. The van der Waals surface area contributed by atoms with Gasteiger partial charge in [-0.1, -0.05) is 24.3 Å². The predicted molar refractivity (Wildman–Crippen MR) is 100 cm³/mol. The Bertz CT molecular complexity index is 813. The van der Waals surface area contributed by atoms with Gasteiger partial charge in [0.15, 0.2) is 6.54 Å². The number of hydrogen-bond donors (Lipinski definition) is 3. The number of primary amides is 1. The highest BCUT2D eigenvalue weighted by Gasteiger charge is 2.26. The van der Waals surface area contributed by atoms with Crippen molar-refractivity contribution in [3.05, 3.63) is 51.4 Å². The largest absolute Gasteiger partial charge is 0.365 e. The number of carbonyl (C=O) groups is 2. The summed E-state index contributed by atoms with van der Waals surface area (Å²) in [4.78, 5) is 26.5. The lowest BCUT2D eigenvalue weighted by Crippen LogP contribution is -3.08. The Balaban J connectivity index is 1.65. The standard InChI is InChI=1S/C19H23N3O2S/c1-12-6-3-4-7-13(12)10-22(2)11-16(23)21-19-17(18(20)24)14-8-5-9-15(14)25-19/h3-4,6-7H,5,8-11H2,1-2H3,(H2,20,24)(H,21,23)/p+1. The third-order valence-corrected chi connectivity index (χ3v) is 5.84. The molecule has 0 saturated heterocycles. The number of benzene rings is 1. The van der Waals surface area contributed by atoms with E-state index in [1.165, 1.54) is 27.3 Å². The number of nitrogens with two attached hydrogens (primary N) is 1. The van der Waals surface area contributed by atoms with Gasteiger partial charge in [0.2, 0.25) is 0 Å². The van der Waals surface area contributed by atoms with E-state index in [9.17, 15) is 9.59 Å². The van der Waals surface area contributed by atoms with E-state index in [2.05, 4.69) is 24.4 Å². The fourth-order valence-electron chi connectivity index (χ4n) is 3.39. The molecule has 0 aliphatic heterocycles. The number of amides is 2. The van der Waals surface area contributed by atoms with Crippen LogP contribution in [0.15, 0.2) is 24.3 Å². The molecule has 6 heteroatoms. The Morgan fingerprint density at radius 1 is 1.28 bits per heavy atom. The molecule has 0 bridgehead atoms. The molecule has 1 unspecified atom stereocenters. The van der Waals surface area contributed by atoms with E-state index in [4.69, 9.17) is 5.73 Å². The molecule has 3 rings (SSSR count). The lowest BCUT2D eigenvalue weighted by atomic mass is 10.1. The molecule has 0 spiro atoms. The van der Waals surface area contributed by atoms with Crippen molar-refractivity contribution in [3.63, 3.8) is 0 Å². The zero-order valence-electron chi connectivity index (χ0n) is 14.6. The van der Waals surface area contributed by atoms with Gasteiger partial charge >= 0.3 is 0 Å². The van der Waals surface area contributed by atoms with Crippen LogP contribution in [0.2, 0.25) is 0 Å². The number of quaternary nitrogens is 1. The maximum Gasteiger partial charge on any atom is 0.280 e. The minimum Gasteiger partial charge on any atom is -0.365 e. The second kappa shape index (κ2) is 7.37. The van der Waals surface area contributed by atoms with Crippen LogP contribution in [0.3, 0.4) is 0 Å². The van der Waals surface area contributed by atoms with Crippen molar-refractivity contribution in [3.8, 4) is 0 Å². The molecule has 1 aliphatic carbocycles. The first-order valence-corrected chi connectivity index (χ1v) is 9.37. The van der Waals surface area contributed by atoms with Crippen LogP contribution in [-0.2, 0) is 24.2 Å². The van der Waals surface area contributed by atoms with Crippen LogP contribution in [0, 0.1) is 6.92 Å². The minimum atomic E-state index is -0.449. The third-order valence-electron chi connectivity index (χ3n) is 4.64. The normalized spacial score (nSPS) is 14.2. The zero-order valence-corrected chi connectivity index (χ0v) is 15.5. The van der Waals surface area contributed by atoms with E-state index in [1.54, 1.807) is 0 Å². The van der Waals surface area contributed by atoms with Crippen LogP contribution in [0.4, 0.5) is 5.00 Å². The van der Waals surface area contributed by atoms with E-state index in [0.29, 0.717) is 17.1 Å². The predicted octanol–water partition coefficient (Wildman–Crippen LogP) is 1.30. The summed E-state index contributed by atoms with van der Waals surface area (Å²) in [5.41, 5.74) is 9.56. The van der Waals surface area contributed by atoms with Crippen LogP contribution in [0.25, 0.3) is 0 Å². The SMILES string of the molecule is Cc1ccccc1C[NH+](C)CC(=O)Nc1sc2c(c1C(N)=O)CCC2. The summed E-state index contributed by atoms with van der Waals surface area (Å²) in [5.74, 6) is -0.538. The van der Waals surface area contributed by atoms with Gasteiger partial charge < -0.3 is 16.0 Å². The molecular formula is C19H24N3O2S+. The maximum absolute atomic E-state index is 12.4. The average molecular weight is 358 g/mol. The number of rotatable bonds is 6. The Morgan fingerprint density at radius 2 is 2.04 bits per heavy atom. The smallest absolute Gasteiger partial charge is 0.280 e. The number of nitrogens with one attached hydrogen (secondary N) is 2. The first kappa shape index (κ1) is 17.6. The molecule has 2 amide bonds. The van der Waals surface area contributed by atoms with Gasteiger partial charge in [0, 0.05) is 10.4 Å². The zero-order chi connectivity index (χ0) is 18.0. The van der Waals surface area contributed by atoms with E-state index in [1.807, 2.05) is 19.2 Å².